The van der Waals surface area contributed by atoms with Crippen molar-refractivity contribution in [1.82, 2.24) is 28.7 Å². The minimum Gasteiger partial charge on any atom is -0.478 e. The van der Waals surface area contributed by atoms with E-state index in [9.17, 15) is 81.0 Å². The topological polar surface area (TPSA) is 176 Å². The van der Waals surface area contributed by atoms with Crippen LogP contribution in [0.5, 0.6) is 0 Å². The van der Waals surface area contributed by atoms with E-state index in [1.165, 1.54) is 48.8 Å². The number of hydrogen-bond acceptors (Lipinski definition) is 7. The molecule has 6 rings (SSSR count). The molecule has 0 fully saturated rings. The normalized spacial score (nSPS) is 12.6. The van der Waals surface area contributed by atoms with Gasteiger partial charge in [-0.3, -0.25) is 4.79 Å². The Hall–Kier alpha value is -6.12. The molecule has 3 N–H and O–H groups in total. The van der Waals surface area contributed by atoms with Gasteiger partial charge in [-0.1, -0.05) is 35.3 Å². The number of carbonyl (C=O) groups excluding carboxylic acids is 2. The number of amides is 1. The highest BCUT2D eigenvalue weighted by atomic mass is 79.9. The van der Waals surface area contributed by atoms with E-state index in [-0.39, 0.29) is 57.5 Å². The highest BCUT2D eigenvalue weighted by molar-refractivity contribution is 9.11. The number of hydrogen-bond donors (Lipinski definition) is 2. The molecule has 4 aromatic heterocycles. The zero-order valence-corrected chi connectivity index (χ0v) is 38.6. The van der Waals surface area contributed by atoms with Gasteiger partial charge in [0.2, 0.25) is 5.91 Å². The molecule has 0 radical (unpaired) electrons. The number of ether oxygens (including phenoxy) is 1. The van der Waals surface area contributed by atoms with Crippen molar-refractivity contribution in [3.63, 3.8) is 0 Å². The summed E-state index contributed by atoms with van der Waals surface area (Å²) in [5.41, 5.74) is -9.68. The van der Waals surface area contributed by atoms with Crippen LogP contribution in [0.15, 0.2) is 82.3 Å². The first-order valence-corrected chi connectivity index (χ1v) is 20.6. The molecule has 31 heteroatoms. The van der Waals surface area contributed by atoms with Crippen LogP contribution in [0.2, 0.25) is 10.0 Å². The predicted octanol–water partition coefficient (Wildman–Crippen LogP) is 11.6. The number of carboxylic acids is 1. The van der Waals surface area contributed by atoms with E-state index in [1.54, 1.807) is 0 Å². The quantitative estimate of drug-likeness (QED) is 0.0951. The van der Waals surface area contributed by atoms with Gasteiger partial charge in [-0.05, 0) is 79.4 Å². The van der Waals surface area contributed by atoms with Crippen LogP contribution >= 0.6 is 55.1 Å². The lowest BCUT2D eigenvalue weighted by atomic mass is 10.0. The van der Waals surface area contributed by atoms with Gasteiger partial charge >= 0.3 is 48.0 Å². The number of aromatic carboxylic acids is 1. The molecule has 2 aromatic carbocycles. The Balaban J connectivity index is 0.000000261. The summed E-state index contributed by atoms with van der Waals surface area (Å²) < 4.78 is 196. The summed E-state index contributed by atoms with van der Waals surface area (Å²) in [7, 11) is 1.13. The van der Waals surface area contributed by atoms with Crippen LogP contribution in [0.25, 0.3) is 33.9 Å². The Bertz CT molecular complexity index is 3020. The van der Waals surface area contributed by atoms with Crippen LogP contribution < -0.4 is 5.73 Å². The molecule has 1 amide bonds. The molecule has 4 heterocycles. The van der Waals surface area contributed by atoms with Gasteiger partial charge < -0.3 is 24.7 Å². The fraction of sp³-hybridized carbons (Fsp3) is 0.231. The van der Waals surface area contributed by atoms with E-state index in [0.29, 0.717) is 11.6 Å². The van der Waals surface area contributed by atoms with Crippen LogP contribution in [-0.2, 0) is 34.0 Å². The van der Waals surface area contributed by atoms with E-state index >= 15 is 0 Å². The lowest BCUT2D eigenvalue weighted by Crippen LogP contribution is -2.51. The Morgan fingerprint density at radius 1 is 0.671 bits per heavy atom. The summed E-state index contributed by atoms with van der Waals surface area (Å²) in [6.07, 6.45) is -21.0. The number of primary amides is 1. The molecule has 6 aromatic rings. The van der Waals surface area contributed by atoms with Crippen LogP contribution in [0.3, 0.4) is 0 Å². The third-order valence-electron chi connectivity index (χ3n) is 9.69. The van der Waals surface area contributed by atoms with Crippen LogP contribution in [0, 0.1) is 11.3 Å². The summed E-state index contributed by atoms with van der Waals surface area (Å²) in [5.74, 6) is -4.51. The summed E-state index contributed by atoms with van der Waals surface area (Å²) in [4.78, 5) is 34.7. The maximum Gasteiger partial charge on any atom is 0.437 e. The number of carbonyl (C=O) groups is 3. The standard InChI is InChI=1S/C20H11BrClF7N4O2.C19H11BrClF7N4O3/c1-35-17(34)12-6-10(2-3-14(12)22)11-8-31-33(9-11)16-13(21)7-15(32(16)5-4-30)18(23,19(24,25)26)20(27,28)29;20-11-4-13(17(22,18(23,24)25)19(26,27)28)31(7-14(29)33)15(11)32-6-9(5-30-32)8-1-2-12(21)10(3-8)16(34)35/h2-3,6-9H,5H2,1H3;1-6H,7H2,(H2,29,33)(H,34,35). The molecule has 0 aliphatic heterocycles. The summed E-state index contributed by atoms with van der Waals surface area (Å²) in [6.45, 7) is -2.32. The third-order valence-corrected chi connectivity index (χ3v) is 11.5. The number of esters is 1. The average molecular weight is 1180 g/mol. The maximum atomic E-state index is 14.8. The first kappa shape index (κ1) is 54.8. The molecular weight excluding hydrogens is 1160 g/mol. The monoisotopic (exact) mass is 1180 g/mol. The molecule has 0 atom stereocenters. The lowest BCUT2D eigenvalue weighted by molar-refractivity contribution is -0.351. The van der Waals surface area contributed by atoms with Crippen molar-refractivity contribution >= 4 is 72.9 Å². The molecule has 70 heavy (non-hydrogen) atoms. The lowest BCUT2D eigenvalue weighted by Gasteiger charge is -2.31. The number of halogens is 18. The minimum atomic E-state index is -6.44. The van der Waals surface area contributed by atoms with E-state index in [4.69, 9.17) is 34.2 Å². The van der Waals surface area contributed by atoms with Gasteiger partial charge in [0.25, 0.3) is 0 Å². The number of rotatable bonds is 11. The highest BCUT2D eigenvalue weighted by Gasteiger charge is 2.76. The van der Waals surface area contributed by atoms with Gasteiger partial charge in [-0.25, -0.2) is 27.7 Å². The molecule has 0 saturated heterocycles. The molecule has 13 nitrogen and oxygen atoms in total. The van der Waals surface area contributed by atoms with Gasteiger partial charge in [0.15, 0.2) is 0 Å². The maximum absolute atomic E-state index is 14.8. The first-order chi connectivity index (χ1) is 32.2. The molecule has 0 spiro atoms. The molecular formula is C39H22Br2Cl2F14N8O5. The number of nitrogens with two attached hydrogens (primary N) is 1. The Labute approximate surface area is 407 Å². The van der Waals surface area contributed by atoms with Crippen molar-refractivity contribution in [2.45, 2.75) is 49.1 Å². The number of benzene rings is 2. The van der Waals surface area contributed by atoms with E-state index < -0.39 is 94.5 Å². The fourth-order valence-electron chi connectivity index (χ4n) is 6.51. The van der Waals surface area contributed by atoms with Gasteiger partial charge in [0, 0.05) is 23.5 Å². The van der Waals surface area contributed by atoms with Gasteiger partial charge in [0.05, 0.1) is 67.1 Å². The second-order valence-corrected chi connectivity index (χ2v) is 16.6. The second-order valence-electron chi connectivity index (χ2n) is 14.0. The number of carboxylic acid groups (broad SMARTS) is 1. The largest absolute Gasteiger partial charge is 0.478 e. The van der Waals surface area contributed by atoms with Crippen LogP contribution in [0.1, 0.15) is 32.1 Å². The average Bonchev–Trinajstić information content (AvgIpc) is 4.05. The number of nitriles is 1. The second kappa shape index (κ2) is 19.6. The SMILES string of the molecule is COC(=O)c1cc(-c2cnn(-c3c(Br)cc(C(F)(C(F)(F)F)C(F)(F)F)n3CC#N)c2)ccc1Cl.NC(=O)Cn1c(C(F)(C(F)(F)F)C(F)(F)F)cc(Br)c1-n1cc(-c2ccc(Cl)c(C(=O)O)c2)cn1. The van der Waals surface area contributed by atoms with Crippen molar-refractivity contribution in [3.8, 4) is 40.0 Å². The fourth-order valence-corrected chi connectivity index (χ4v) is 8.13. The molecule has 0 aliphatic carbocycles. The van der Waals surface area contributed by atoms with Gasteiger partial charge in [-0.15, -0.1) is 0 Å². The van der Waals surface area contributed by atoms with Crippen molar-refractivity contribution in [3.05, 3.63) is 115 Å². The molecule has 0 unspecified atom stereocenters. The number of alkyl halides is 14. The minimum absolute atomic E-state index is 0.00620. The molecule has 0 saturated carbocycles. The van der Waals surface area contributed by atoms with Crippen molar-refractivity contribution < 1.29 is 85.7 Å². The number of methoxy groups -OCH3 is 1. The Morgan fingerprint density at radius 2 is 1.06 bits per heavy atom. The van der Waals surface area contributed by atoms with Gasteiger partial charge in [0.1, 0.15) is 24.7 Å². The van der Waals surface area contributed by atoms with Crippen molar-refractivity contribution in [2.75, 3.05) is 7.11 Å². The summed E-state index contributed by atoms with van der Waals surface area (Å²) in [5, 5.41) is 26.0. The van der Waals surface area contributed by atoms with Gasteiger partial charge in [-0.2, -0.15) is 68.1 Å². The predicted molar refractivity (Wildman–Crippen MR) is 222 cm³/mol. The number of nitrogens with zero attached hydrogens (tertiary/aromatic N) is 7. The molecule has 374 valence electrons. The first-order valence-electron chi connectivity index (χ1n) is 18.3. The molecule has 0 bridgehead atoms. The van der Waals surface area contributed by atoms with Crippen molar-refractivity contribution in [2.24, 2.45) is 5.73 Å². The van der Waals surface area contributed by atoms with E-state index in [1.807, 2.05) is 0 Å². The van der Waals surface area contributed by atoms with E-state index in [0.717, 1.165) is 34.9 Å². The van der Waals surface area contributed by atoms with Crippen LogP contribution in [0.4, 0.5) is 61.5 Å². The number of aromatic nitrogens is 6. The highest BCUT2D eigenvalue weighted by Crippen LogP contribution is 2.56. The summed E-state index contributed by atoms with van der Waals surface area (Å²) >= 11 is 17.4. The van der Waals surface area contributed by atoms with Crippen molar-refractivity contribution in [1.29, 1.82) is 5.26 Å². The zero-order valence-electron chi connectivity index (χ0n) is 33.9. The third kappa shape index (κ3) is 10.1. The summed E-state index contributed by atoms with van der Waals surface area (Å²) in [6, 6.07) is 9.94. The Morgan fingerprint density at radius 3 is 1.43 bits per heavy atom. The van der Waals surface area contributed by atoms with Crippen LogP contribution in [-0.4, -0.2) is 83.5 Å². The van der Waals surface area contributed by atoms with E-state index in [2.05, 4.69) is 46.8 Å². The Kier molecular flexibility index (Phi) is 15.3. The molecule has 0 aliphatic rings. The smallest absolute Gasteiger partial charge is 0.437 e. The zero-order chi connectivity index (χ0) is 52.9.